The van der Waals surface area contributed by atoms with Gasteiger partial charge in [-0.3, -0.25) is 4.79 Å². The molecule has 0 aliphatic heterocycles. The summed E-state index contributed by atoms with van der Waals surface area (Å²) in [5, 5.41) is 15.2. The molecule has 0 spiro atoms. The van der Waals surface area contributed by atoms with Crippen molar-refractivity contribution in [2.24, 2.45) is 0 Å². The molecule has 1 aromatic heterocycles. The lowest BCUT2D eigenvalue weighted by Crippen LogP contribution is -2.25. The largest absolute Gasteiger partial charge is 0.324 e. The molecule has 0 fully saturated rings. The van der Waals surface area contributed by atoms with Crippen LogP contribution in [0.1, 0.15) is 13.0 Å². The first-order chi connectivity index (χ1) is 11.5. The summed E-state index contributed by atoms with van der Waals surface area (Å²) in [6, 6.07) is 11.9. The van der Waals surface area contributed by atoms with Crippen molar-refractivity contribution in [1.82, 2.24) is 20.2 Å². The molecule has 1 heterocycles. The van der Waals surface area contributed by atoms with Crippen molar-refractivity contribution < 1.29 is 9.18 Å². The van der Waals surface area contributed by atoms with Gasteiger partial charge in [0.15, 0.2) is 0 Å². The number of hydrogen-bond acceptors (Lipinski definition) is 4. The summed E-state index contributed by atoms with van der Waals surface area (Å²) in [5.74, 6) is -0.335. The summed E-state index contributed by atoms with van der Waals surface area (Å²) in [4.78, 5) is 13.5. The Morgan fingerprint density at radius 2 is 2.00 bits per heavy atom. The molecule has 0 aliphatic rings. The van der Waals surface area contributed by atoms with Crippen molar-refractivity contribution in [3.05, 3.63) is 59.4 Å². The zero-order valence-electron chi connectivity index (χ0n) is 12.6. The number of rotatable bonds is 4. The second kappa shape index (κ2) is 6.76. The van der Waals surface area contributed by atoms with Crippen LogP contribution in [0.4, 0.5) is 10.1 Å². The molecule has 1 amide bonds. The van der Waals surface area contributed by atoms with Gasteiger partial charge in [0.05, 0.1) is 0 Å². The van der Waals surface area contributed by atoms with Crippen LogP contribution in [-0.4, -0.2) is 26.1 Å². The van der Waals surface area contributed by atoms with E-state index in [0.717, 1.165) is 0 Å². The molecule has 0 bridgehead atoms. The van der Waals surface area contributed by atoms with Crippen LogP contribution >= 0.6 is 11.6 Å². The molecule has 0 aliphatic carbocycles. The Morgan fingerprint density at radius 3 is 2.71 bits per heavy atom. The van der Waals surface area contributed by atoms with Gasteiger partial charge in [-0.2, -0.15) is 4.80 Å². The average Bonchev–Trinajstić information content (AvgIpc) is 3.04. The first-order valence-corrected chi connectivity index (χ1v) is 7.52. The standard InChI is InChI=1S/C16H13ClFN5O/c1-10(16(24)19-14-4-2-3-12(17)9-14)23-21-15(20-22-23)11-5-7-13(18)8-6-11/h2-10H,1H3,(H,19,24)/t10-/m0/s1. The van der Waals surface area contributed by atoms with Gasteiger partial charge in [0.25, 0.3) is 5.91 Å². The zero-order valence-corrected chi connectivity index (χ0v) is 13.4. The lowest BCUT2D eigenvalue weighted by Gasteiger charge is -2.10. The number of carbonyl (C=O) groups excluding carboxylic acids is 1. The molecular formula is C16H13ClFN5O. The molecule has 0 saturated heterocycles. The topological polar surface area (TPSA) is 72.7 Å². The van der Waals surface area contributed by atoms with Crippen LogP contribution in [0.15, 0.2) is 48.5 Å². The van der Waals surface area contributed by atoms with Gasteiger partial charge in [0.1, 0.15) is 11.9 Å². The van der Waals surface area contributed by atoms with E-state index in [9.17, 15) is 9.18 Å². The lowest BCUT2D eigenvalue weighted by atomic mass is 10.2. The summed E-state index contributed by atoms with van der Waals surface area (Å²) in [6.45, 7) is 1.65. The SMILES string of the molecule is C[C@@H](C(=O)Nc1cccc(Cl)c1)n1nnc(-c2ccc(F)cc2)n1. The third-order valence-corrected chi connectivity index (χ3v) is 3.58. The third-order valence-electron chi connectivity index (χ3n) is 3.35. The first kappa shape index (κ1) is 16.1. The van der Waals surface area contributed by atoms with E-state index in [0.29, 0.717) is 22.1 Å². The van der Waals surface area contributed by atoms with Gasteiger partial charge in [-0.1, -0.05) is 17.7 Å². The number of halogens is 2. The second-order valence-electron chi connectivity index (χ2n) is 5.12. The number of tetrazole rings is 1. The van der Waals surface area contributed by atoms with Gasteiger partial charge in [0, 0.05) is 16.3 Å². The monoisotopic (exact) mass is 345 g/mol. The summed E-state index contributed by atoms with van der Waals surface area (Å²) in [6.07, 6.45) is 0. The number of benzene rings is 2. The van der Waals surface area contributed by atoms with E-state index < -0.39 is 6.04 Å². The van der Waals surface area contributed by atoms with Crippen LogP contribution in [0.3, 0.4) is 0 Å². The predicted molar refractivity (Wildman–Crippen MR) is 88.0 cm³/mol. The van der Waals surface area contributed by atoms with Crippen molar-refractivity contribution >= 4 is 23.2 Å². The van der Waals surface area contributed by atoms with E-state index in [-0.39, 0.29) is 11.7 Å². The summed E-state index contributed by atoms with van der Waals surface area (Å²) >= 11 is 5.89. The highest BCUT2D eigenvalue weighted by atomic mass is 35.5. The van der Waals surface area contributed by atoms with Gasteiger partial charge < -0.3 is 5.32 Å². The van der Waals surface area contributed by atoms with Gasteiger partial charge in [-0.05, 0) is 54.6 Å². The molecular weight excluding hydrogens is 333 g/mol. The fourth-order valence-electron chi connectivity index (χ4n) is 2.02. The van der Waals surface area contributed by atoms with Crippen molar-refractivity contribution in [3.8, 4) is 11.4 Å². The number of aromatic nitrogens is 4. The van der Waals surface area contributed by atoms with Crippen LogP contribution in [0.5, 0.6) is 0 Å². The van der Waals surface area contributed by atoms with Gasteiger partial charge in [-0.15, -0.1) is 10.2 Å². The van der Waals surface area contributed by atoms with Gasteiger partial charge in [0.2, 0.25) is 5.82 Å². The van der Waals surface area contributed by atoms with Crippen LogP contribution in [0, 0.1) is 5.82 Å². The van der Waals surface area contributed by atoms with Crippen LogP contribution in [0.25, 0.3) is 11.4 Å². The fraction of sp³-hybridized carbons (Fsp3) is 0.125. The summed E-state index contributed by atoms with van der Waals surface area (Å²) < 4.78 is 13.0. The molecule has 6 nitrogen and oxygen atoms in total. The molecule has 3 rings (SSSR count). The van der Waals surface area contributed by atoms with Gasteiger partial charge >= 0.3 is 0 Å². The predicted octanol–water partition coefficient (Wildman–Crippen LogP) is 3.33. The fourth-order valence-corrected chi connectivity index (χ4v) is 2.21. The molecule has 0 saturated carbocycles. The minimum absolute atomic E-state index is 0.305. The molecule has 0 radical (unpaired) electrons. The van der Waals surface area contributed by atoms with Crippen molar-refractivity contribution in [1.29, 1.82) is 0 Å². The molecule has 1 N–H and O–H groups in total. The zero-order chi connectivity index (χ0) is 17.1. The van der Waals surface area contributed by atoms with Crippen molar-refractivity contribution in [3.63, 3.8) is 0 Å². The Labute approximate surface area is 142 Å². The highest BCUT2D eigenvalue weighted by molar-refractivity contribution is 6.30. The van der Waals surface area contributed by atoms with E-state index in [4.69, 9.17) is 11.6 Å². The van der Waals surface area contributed by atoms with Crippen LogP contribution < -0.4 is 5.32 Å². The minimum atomic E-state index is -0.675. The summed E-state index contributed by atoms with van der Waals surface area (Å²) in [5.41, 5.74) is 1.20. The molecule has 3 aromatic rings. The average molecular weight is 346 g/mol. The maximum absolute atomic E-state index is 13.0. The maximum atomic E-state index is 13.0. The summed E-state index contributed by atoms with van der Waals surface area (Å²) in [7, 11) is 0. The maximum Gasteiger partial charge on any atom is 0.250 e. The van der Waals surface area contributed by atoms with E-state index in [1.165, 1.54) is 16.9 Å². The Bertz CT molecular complexity index is 865. The quantitative estimate of drug-likeness (QED) is 0.787. The highest BCUT2D eigenvalue weighted by Gasteiger charge is 2.19. The minimum Gasteiger partial charge on any atom is -0.324 e. The third kappa shape index (κ3) is 3.57. The molecule has 24 heavy (non-hydrogen) atoms. The number of nitrogens with one attached hydrogen (secondary N) is 1. The Kier molecular flexibility index (Phi) is 4.52. The van der Waals surface area contributed by atoms with Gasteiger partial charge in [-0.25, -0.2) is 4.39 Å². The highest BCUT2D eigenvalue weighted by Crippen LogP contribution is 2.18. The van der Waals surface area contributed by atoms with E-state index in [1.54, 1.807) is 43.3 Å². The Hall–Kier alpha value is -2.80. The van der Waals surface area contributed by atoms with Crippen molar-refractivity contribution in [2.45, 2.75) is 13.0 Å². The number of hydrogen-bond donors (Lipinski definition) is 1. The Balaban J connectivity index is 1.74. The second-order valence-corrected chi connectivity index (χ2v) is 5.55. The number of nitrogens with zero attached hydrogens (tertiary/aromatic N) is 4. The van der Waals surface area contributed by atoms with E-state index in [2.05, 4.69) is 20.7 Å². The number of amides is 1. The van der Waals surface area contributed by atoms with E-state index >= 15 is 0 Å². The molecule has 2 aromatic carbocycles. The Morgan fingerprint density at radius 1 is 1.25 bits per heavy atom. The molecule has 122 valence electrons. The van der Waals surface area contributed by atoms with Crippen LogP contribution in [0.2, 0.25) is 5.02 Å². The smallest absolute Gasteiger partial charge is 0.250 e. The number of anilines is 1. The molecule has 8 heteroatoms. The lowest BCUT2D eigenvalue weighted by molar-refractivity contribution is -0.119. The van der Waals surface area contributed by atoms with E-state index in [1.807, 2.05) is 0 Å². The van der Waals surface area contributed by atoms with Crippen LogP contribution in [-0.2, 0) is 4.79 Å². The van der Waals surface area contributed by atoms with Crippen molar-refractivity contribution in [2.75, 3.05) is 5.32 Å². The number of carbonyl (C=O) groups is 1. The normalized spacial score (nSPS) is 12.0. The molecule has 0 unspecified atom stereocenters. The molecule has 1 atom stereocenters. The first-order valence-electron chi connectivity index (χ1n) is 7.15.